The van der Waals surface area contributed by atoms with Crippen LogP contribution in [0.15, 0.2) is 64.2 Å². The molecule has 43 heavy (non-hydrogen) atoms. The Kier molecular flexibility index (Phi) is 8.11. The van der Waals surface area contributed by atoms with Gasteiger partial charge in [0.1, 0.15) is 11.7 Å². The van der Waals surface area contributed by atoms with Gasteiger partial charge < -0.3 is 9.84 Å². The summed E-state index contributed by atoms with van der Waals surface area (Å²) in [7, 11) is 0. The molecule has 13 heteroatoms. The summed E-state index contributed by atoms with van der Waals surface area (Å²) in [5, 5.41) is 8.95. The molecule has 1 aliphatic rings. The van der Waals surface area contributed by atoms with Crippen molar-refractivity contribution in [1.82, 2.24) is 23.5 Å². The monoisotopic (exact) mass is 589 g/mol. The fourth-order valence-electron chi connectivity index (χ4n) is 5.54. The van der Waals surface area contributed by atoms with Crippen LogP contribution in [-0.2, 0) is 27.5 Å². The quantitative estimate of drug-likeness (QED) is 0.122. The molecule has 2 aromatic carbocycles. The second-order valence-electron chi connectivity index (χ2n) is 10.4. The third-order valence-electron chi connectivity index (χ3n) is 7.55. The Bertz CT molecular complexity index is 1820. The van der Waals surface area contributed by atoms with E-state index >= 15 is 0 Å². The Morgan fingerprint density at radius 3 is 2.28 bits per heavy atom. The number of carbonyl (C=O) groups is 3. The van der Waals surface area contributed by atoms with Gasteiger partial charge in [0.15, 0.2) is 18.1 Å². The third-order valence-corrected chi connectivity index (χ3v) is 7.55. The zero-order chi connectivity index (χ0) is 30.9. The van der Waals surface area contributed by atoms with Gasteiger partial charge in [0.2, 0.25) is 5.52 Å². The molecule has 0 spiro atoms. The Morgan fingerprint density at radius 1 is 1.00 bits per heavy atom. The molecular formula is C30H33N6O7+. The van der Waals surface area contributed by atoms with E-state index in [2.05, 4.69) is 0 Å². The summed E-state index contributed by atoms with van der Waals surface area (Å²) < 4.78 is 7.49. The van der Waals surface area contributed by atoms with Crippen molar-refractivity contribution >= 4 is 28.9 Å². The Balaban J connectivity index is 1.83. The zero-order valence-electron chi connectivity index (χ0n) is 23.9. The minimum atomic E-state index is -1.37. The van der Waals surface area contributed by atoms with Crippen LogP contribution in [0.4, 0.5) is 0 Å². The van der Waals surface area contributed by atoms with Crippen molar-refractivity contribution in [3.8, 4) is 17.1 Å². The number of aromatic nitrogens is 4. The number of fused-ring (bicyclic) bond motifs is 1. The number of quaternary nitrogens is 1. The number of piperidine rings is 1. The first-order valence-corrected chi connectivity index (χ1v) is 14.2. The normalized spacial score (nSPS) is 18.7. The predicted molar refractivity (Wildman–Crippen MR) is 158 cm³/mol. The van der Waals surface area contributed by atoms with E-state index in [1.807, 2.05) is 19.9 Å². The minimum absolute atomic E-state index is 0.00999. The van der Waals surface area contributed by atoms with Gasteiger partial charge in [0, 0.05) is 18.7 Å². The number of rotatable bonds is 10. The van der Waals surface area contributed by atoms with Gasteiger partial charge in [-0.3, -0.25) is 13.9 Å². The van der Waals surface area contributed by atoms with Gasteiger partial charge in [0.05, 0.1) is 6.42 Å². The summed E-state index contributed by atoms with van der Waals surface area (Å²) >= 11 is 0. The van der Waals surface area contributed by atoms with Crippen molar-refractivity contribution in [2.45, 2.75) is 58.5 Å². The van der Waals surface area contributed by atoms with Crippen LogP contribution in [0.5, 0.6) is 5.75 Å². The molecule has 4 aromatic rings. The molecule has 0 radical (unpaired) electrons. The van der Waals surface area contributed by atoms with Crippen LogP contribution >= 0.6 is 0 Å². The van der Waals surface area contributed by atoms with Gasteiger partial charge in [0.25, 0.3) is 5.56 Å². The molecule has 0 saturated carbocycles. The Morgan fingerprint density at radius 2 is 1.65 bits per heavy atom. The maximum Gasteiger partial charge on any atom is 0.373 e. The molecule has 1 saturated heterocycles. The van der Waals surface area contributed by atoms with Gasteiger partial charge in [-0.2, -0.15) is 0 Å². The van der Waals surface area contributed by atoms with E-state index in [9.17, 15) is 24.0 Å². The molecule has 0 aliphatic carbocycles. The number of carbonyl (C=O) groups excluding carboxylic acids is 2. The van der Waals surface area contributed by atoms with Crippen molar-refractivity contribution in [3.05, 3.63) is 81.0 Å². The van der Waals surface area contributed by atoms with Gasteiger partial charge in [-0.15, -0.1) is 10.5 Å². The number of carboxylic acid groups (broad SMARTS) is 1. The first-order valence-electron chi connectivity index (χ1n) is 14.2. The summed E-state index contributed by atoms with van der Waals surface area (Å²) in [5.41, 5.74) is -0.334. The van der Waals surface area contributed by atoms with E-state index in [0.29, 0.717) is 24.0 Å². The van der Waals surface area contributed by atoms with Gasteiger partial charge in [-0.25, -0.2) is 24.2 Å². The van der Waals surface area contributed by atoms with E-state index < -0.39 is 46.3 Å². The Labute approximate surface area is 245 Å². The number of hydrogen-bond acceptors (Lipinski definition) is 8. The molecule has 3 heterocycles. The summed E-state index contributed by atoms with van der Waals surface area (Å²) in [6, 6.07) is 15.1. The number of imide groups is 1. The number of benzene rings is 2. The summed E-state index contributed by atoms with van der Waals surface area (Å²) in [5.74, 6) is 3.97. The third kappa shape index (κ3) is 5.06. The lowest BCUT2D eigenvalue weighted by Gasteiger charge is -2.35. The van der Waals surface area contributed by atoms with Crippen molar-refractivity contribution < 1.29 is 24.2 Å². The van der Waals surface area contributed by atoms with Crippen LogP contribution in [0.25, 0.3) is 22.6 Å². The largest absolute Gasteiger partial charge is 0.482 e. The lowest BCUT2D eigenvalue weighted by atomic mass is 9.89. The highest BCUT2D eigenvalue weighted by Gasteiger charge is 2.55. The summed E-state index contributed by atoms with van der Waals surface area (Å²) in [6.45, 7) is 3.50. The molecule has 2 amide bonds. The highest BCUT2D eigenvalue weighted by atomic mass is 16.5. The molecule has 224 valence electrons. The molecular weight excluding hydrogens is 556 g/mol. The Hall–Kier alpha value is -4.88. The van der Waals surface area contributed by atoms with Crippen molar-refractivity contribution in [3.63, 3.8) is 0 Å². The van der Waals surface area contributed by atoms with E-state index in [4.69, 9.17) is 20.7 Å². The number of amides is 2. The predicted octanol–water partition coefficient (Wildman–Crippen LogP) is 2.25. The van der Waals surface area contributed by atoms with E-state index in [-0.39, 0.29) is 48.7 Å². The lowest BCUT2D eigenvalue weighted by Crippen LogP contribution is -2.74. The van der Waals surface area contributed by atoms with Crippen LogP contribution in [0, 0.1) is 0 Å². The standard InChI is InChI=1S/C30H32N6O7/c1-3-16-33-27-25(28(40)34(17-4-2)30(33)42)35(26(32-27)20-10-12-21(13-11-20)43-18-24(38)39)36(31)23(37)15-14-22(29(36)41)19-8-6-5-7-9-19/h5-13,22H,3-4,14-18,31H2,1-2H3/p+1. The van der Waals surface area contributed by atoms with Gasteiger partial charge in [-0.1, -0.05) is 44.2 Å². The van der Waals surface area contributed by atoms with Crippen molar-refractivity contribution in [2.75, 3.05) is 6.61 Å². The average molecular weight is 590 g/mol. The first kappa shape index (κ1) is 29.6. The maximum atomic E-state index is 14.3. The number of nitrogens with two attached hydrogens (primary N) is 1. The molecule has 13 nitrogen and oxygen atoms in total. The molecule has 5 rings (SSSR count). The molecule has 2 atom stereocenters. The molecule has 1 fully saturated rings. The van der Waals surface area contributed by atoms with Crippen LogP contribution in [-0.4, -0.2) is 48.3 Å². The number of aryl methyl sites for hydroxylation is 1. The number of aliphatic carboxylic acids is 1. The highest BCUT2D eigenvalue weighted by molar-refractivity contribution is 6.08. The van der Waals surface area contributed by atoms with Crippen molar-refractivity contribution in [1.29, 1.82) is 0 Å². The van der Waals surface area contributed by atoms with Crippen molar-refractivity contribution in [2.24, 2.45) is 5.84 Å². The first-order chi connectivity index (χ1) is 20.6. The maximum absolute atomic E-state index is 14.3. The number of imidazole rings is 1. The number of ether oxygens (including phenoxy) is 1. The van der Waals surface area contributed by atoms with E-state index in [0.717, 1.165) is 9.24 Å². The molecule has 3 N–H and O–H groups in total. The molecule has 0 bridgehead atoms. The van der Waals surface area contributed by atoms with Gasteiger partial charge in [-0.05, 0) is 53.8 Å². The van der Waals surface area contributed by atoms with Crippen LogP contribution in [0.2, 0.25) is 0 Å². The van der Waals surface area contributed by atoms with E-state index in [1.165, 1.54) is 16.7 Å². The number of nitrogens with zero attached hydrogens (tertiary/aromatic N) is 5. The smallest absolute Gasteiger partial charge is 0.373 e. The fourth-order valence-corrected chi connectivity index (χ4v) is 5.54. The number of carboxylic acids is 1. The highest BCUT2D eigenvalue weighted by Crippen LogP contribution is 2.34. The zero-order valence-corrected chi connectivity index (χ0v) is 23.9. The fraction of sp³-hybridized carbons (Fsp3) is 0.333. The lowest BCUT2D eigenvalue weighted by molar-refractivity contribution is -0.157. The van der Waals surface area contributed by atoms with Gasteiger partial charge >= 0.3 is 23.5 Å². The second-order valence-corrected chi connectivity index (χ2v) is 10.4. The summed E-state index contributed by atoms with van der Waals surface area (Å²) in [4.78, 5) is 71.2. The molecule has 2 aromatic heterocycles. The SMILES string of the molecule is CCCn1c(=O)c2c(nc(-c3ccc(OCC(=O)O)cc3)n2[N+]2(N)C(=O)CCC(c3ccccc3)C2=O)n(CCC)c1=O. The topological polar surface area (TPSA) is 169 Å². The molecule has 2 unspecified atom stereocenters. The van der Waals surface area contributed by atoms with E-state index in [1.54, 1.807) is 36.4 Å². The summed E-state index contributed by atoms with van der Waals surface area (Å²) in [6.07, 6.45) is 1.24. The van der Waals surface area contributed by atoms with Crippen LogP contribution in [0.3, 0.4) is 0 Å². The second kappa shape index (κ2) is 11.8. The average Bonchev–Trinajstić information content (AvgIpc) is 3.41. The molecule has 1 aliphatic heterocycles. The van der Waals surface area contributed by atoms with Crippen LogP contribution in [0.1, 0.15) is 51.0 Å². The minimum Gasteiger partial charge on any atom is -0.482 e. The number of hydrogen-bond donors (Lipinski definition) is 2. The van der Waals surface area contributed by atoms with Crippen LogP contribution < -0.4 is 26.5 Å².